The summed E-state index contributed by atoms with van der Waals surface area (Å²) in [5.74, 6) is 1.42. The Bertz CT molecular complexity index is 1310. The second kappa shape index (κ2) is 9.61. The Kier molecular flexibility index (Phi) is 6.61. The number of benzene rings is 1. The average Bonchev–Trinajstić information content (AvgIpc) is 2.84. The molecule has 1 aromatic carbocycles. The molecule has 1 fully saturated rings. The number of piperazine rings is 1. The molecular weight excluding hydrogens is 458 g/mol. The van der Waals surface area contributed by atoms with E-state index in [2.05, 4.69) is 20.3 Å². The number of methoxy groups -OCH3 is 1. The van der Waals surface area contributed by atoms with E-state index >= 15 is 0 Å². The third-order valence-corrected chi connectivity index (χ3v) is 7.36. The highest BCUT2D eigenvalue weighted by molar-refractivity contribution is 7.89. The molecule has 1 amide bonds. The van der Waals surface area contributed by atoms with Gasteiger partial charge in [0.25, 0.3) is 5.91 Å². The van der Waals surface area contributed by atoms with Gasteiger partial charge in [-0.2, -0.15) is 4.31 Å². The first kappa shape index (κ1) is 23.4. The second-order valence-electron chi connectivity index (χ2n) is 7.72. The lowest BCUT2D eigenvalue weighted by Crippen LogP contribution is -2.49. The summed E-state index contributed by atoms with van der Waals surface area (Å²) in [5, 5.41) is 3.16. The van der Waals surface area contributed by atoms with E-state index in [4.69, 9.17) is 10.5 Å². The number of nitrogens with two attached hydrogens (primary N) is 1. The van der Waals surface area contributed by atoms with E-state index in [0.717, 1.165) is 5.56 Å². The number of hydrogen-bond donors (Lipinski definition) is 2. The van der Waals surface area contributed by atoms with Gasteiger partial charge in [0, 0.05) is 38.4 Å². The molecule has 0 spiro atoms. The van der Waals surface area contributed by atoms with Crippen molar-refractivity contribution in [2.45, 2.75) is 11.8 Å². The molecule has 34 heavy (non-hydrogen) atoms. The number of aryl methyl sites for hydroxylation is 1. The van der Waals surface area contributed by atoms with Gasteiger partial charge in [-0.25, -0.2) is 23.4 Å². The van der Waals surface area contributed by atoms with E-state index in [1.807, 2.05) is 24.0 Å². The number of pyridine rings is 1. The predicted octanol–water partition coefficient (Wildman–Crippen LogP) is 1.54. The molecular formula is C22H25N7O4S. The first-order valence-electron chi connectivity index (χ1n) is 10.5. The van der Waals surface area contributed by atoms with Gasteiger partial charge in [-0.1, -0.05) is 0 Å². The van der Waals surface area contributed by atoms with Crippen molar-refractivity contribution in [2.75, 3.05) is 43.5 Å². The number of hydrogen-bond acceptors (Lipinski definition) is 9. The van der Waals surface area contributed by atoms with Crippen LogP contribution in [-0.2, 0) is 10.0 Å². The SMILES string of the molecule is COc1ccc(S(=O)(=O)N2CCN(c3cc(Nc4cc(C)ccn4)ncn3)CC2)cc1C(N)=O. The van der Waals surface area contributed by atoms with Gasteiger partial charge >= 0.3 is 0 Å². The minimum absolute atomic E-state index is 0.00488. The highest BCUT2D eigenvalue weighted by atomic mass is 32.2. The van der Waals surface area contributed by atoms with Gasteiger partial charge in [0.15, 0.2) is 0 Å². The Hall–Kier alpha value is -3.77. The summed E-state index contributed by atoms with van der Waals surface area (Å²) in [6, 6.07) is 9.72. The number of nitrogens with one attached hydrogen (secondary N) is 1. The Labute approximate surface area is 197 Å². The quantitative estimate of drug-likeness (QED) is 0.511. The molecule has 3 N–H and O–H groups in total. The van der Waals surface area contributed by atoms with Gasteiger partial charge in [0.1, 0.15) is 29.5 Å². The molecule has 1 aliphatic heterocycles. The summed E-state index contributed by atoms with van der Waals surface area (Å²) < 4.78 is 32.8. The maximum atomic E-state index is 13.2. The van der Waals surface area contributed by atoms with Crippen LogP contribution in [0.25, 0.3) is 0 Å². The monoisotopic (exact) mass is 483 g/mol. The Morgan fingerprint density at radius 3 is 2.44 bits per heavy atom. The highest BCUT2D eigenvalue weighted by Gasteiger charge is 2.30. The van der Waals surface area contributed by atoms with Crippen molar-refractivity contribution in [2.24, 2.45) is 5.73 Å². The molecule has 0 unspecified atom stereocenters. The summed E-state index contributed by atoms with van der Waals surface area (Å²) >= 11 is 0. The summed E-state index contributed by atoms with van der Waals surface area (Å²) in [6.07, 6.45) is 3.17. The molecule has 4 rings (SSSR count). The van der Waals surface area contributed by atoms with Crippen molar-refractivity contribution in [3.63, 3.8) is 0 Å². The fourth-order valence-corrected chi connectivity index (χ4v) is 5.12. The van der Waals surface area contributed by atoms with Crippen LogP contribution in [0, 0.1) is 6.92 Å². The smallest absolute Gasteiger partial charge is 0.252 e. The van der Waals surface area contributed by atoms with Crippen molar-refractivity contribution in [1.29, 1.82) is 0 Å². The molecule has 0 radical (unpaired) electrons. The van der Waals surface area contributed by atoms with Crippen molar-refractivity contribution in [3.8, 4) is 5.75 Å². The zero-order valence-electron chi connectivity index (χ0n) is 18.8. The van der Waals surface area contributed by atoms with Gasteiger partial charge < -0.3 is 20.7 Å². The van der Waals surface area contributed by atoms with Crippen LogP contribution in [0.4, 0.5) is 17.5 Å². The molecule has 3 aromatic rings. The van der Waals surface area contributed by atoms with Crippen molar-refractivity contribution >= 4 is 33.4 Å². The molecule has 0 bridgehead atoms. The van der Waals surface area contributed by atoms with E-state index in [0.29, 0.717) is 30.5 Å². The van der Waals surface area contributed by atoms with Gasteiger partial charge in [-0.3, -0.25) is 4.79 Å². The molecule has 1 saturated heterocycles. The molecule has 12 heteroatoms. The van der Waals surface area contributed by atoms with E-state index in [1.165, 1.54) is 35.9 Å². The van der Waals surface area contributed by atoms with Crippen LogP contribution >= 0.6 is 0 Å². The van der Waals surface area contributed by atoms with Gasteiger partial charge in [-0.05, 0) is 42.8 Å². The lowest BCUT2D eigenvalue weighted by atomic mass is 10.2. The number of amides is 1. The van der Waals surface area contributed by atoms with E-state index in [1.54, 1.807) is 12.3 Å². The summed E-state index contributed by atoms with van der Waals surface area (Å²) in [4.78, 5) is 26.5. The minimum Gasteiger partial charge on any atom is -0.496 e. The molecule has 178 valence electrons. The Morgan fingerprint density at radius 2 is 1.76 bits per heavy atom. The Balaban J connectivity index is 1.46. The van der Waals surface area contributed by atoms with E-state index < -0.39 is 15.9 Å². The molecule has 0 saturated carbocycles. The number of ether oxygens (including phenoxy) is 1. The number of aromatic nitrogens is 3. The number of carbonyl (C=O) groups is 1. The average molecular weight is 484 g/mol. The number of primary amides is 1. The second-order valence-corrected chi connectivity index (χ2v) is 9.66. The molecule has 11 nitrogen and oxygen atoms in total. The lowest BCUT2D eigenvalue weighted by molar-refractivity contribution is 0.0997. The lowest BCUT2D eigenvalue weighted by Gasteiger charge is -2.34. The van der Waals surface area contributed by atoms with Crippen LogP contribution in [0.3, 0.4) is 0 Å². The van der Waals surface area contributed by atoms with Gasteiger partial charge in [0.2, 0.25) is 10.0 Å². The third kappa shape index (κ3) is 4.92. The summed E-state index contributed by atoms with van der Waals surface area (Å²) in [5.41, 5.74) is 6.47. The summed E-state index contributed by atoms with van der Waals surface area (Å²) in [6.45, 7) is 3.37. The van der Waals surface area contributed by atoms with Crippen LogP contribution in [0.5, 0.6) is 5.75 Å². The number of nitrogens with zero attached hydrogens (tertiary/aromatic N) is 5. The van der Waals surface area contributed by atoms with Crippen molar-refractivity contribution in [1.82, 2.24) is 19.3 Å². The van der Waals surface area contributed by atoms with E-state index in [9.17, 15) is 13.2 Å². The first-order chi connectivity index (χ1) is 16.3. The van der Waals surface area contributed by atoms with Crippen LogP contribution < -0.4 is 20.7 Å². The first-order valence-corrected chi connectivity index (χ1v) is 12.0. The summed E-state index contributed by atoms with van der Waals surface area (Å²) in [7, 11) is -2.42. The molecule has 3 heterocycles. The highest BCUT2D eigenvalue weighted by Crippen LogP contribution is 2.26. The molecule has 0 aliphatic carbocycles. The minimum atomic E-state index is -3.81. The zero-order chi connectivity index (χ0) is 24.3. The van der Waals surface area contributed by atoms with Gasteiger partial charge in [0.05, 0.1) is 17.6 Å². The van der Waals surface area contributed by atoms with Gasteiger partial charge in [-0.15, -0.1) is 0 Å². The fourth-order valence-electron chi connectivity index (χ4n) is 3.67. The van der Waals surface area contributed by atoms with Crippen molar-refractivity contribution < 1.29 is 17.9 Å². The third-order valence-electron chi connectivity index (χ3n) is 5.46. The zero-order valence-corrected chi connectivity index (χ0v) is 19.6. The number of sulfonamides is 1. The number of rotatable bonds is 7. The van der Waals surface area contributed by atoms with Crippen LogP contribution in [0.1, 0.15) is 15.9 Å². The fraction of sp³-hybridized carbons (Fsp3) is 0.273. The molecule has 1 aliphatic rings. The van der Waals surface area contributed by atoms with Crippen LogP contribution in [0.2, 0.25) is 0 Å². The normalized spacial score (nSPS) is 14.6. The van der Waals surface area contributed by atoms with Crippen LogP contribution in [-0.4, -0.2) is 66.9 Å². The topological polar surface area (TPSA) is 144 Å². The molecule has 0 atom stereocenters. The number of carbonyl (C=O) groups excluding carboxylic acids is 1. The Morgan fingerprint density at radius 1 is 1.03 bits per heavy atom. The largest absolute Gasteiger partial charge is 0.496 e. The van der Waals surface area contributed by atoms with Crippen molar-refractivity contribution in [3.05, 3.63) is 60.0 Å². The molecule has 2 aromatic heterocycles. The maximum absolute atomic E-state index is 13.2. The predicted molar refractivity (Wildman–Crippen MR) is 127 cm³/mol. The number of anilines is 3. The standard InChI is InChI=1S/C22H25N7O4S/c1-15-5-6-24-19(11-15)27-20-13-21(26-14-25-20)28-7-9-29(10-8-28)34(31,32)16-3-4-18(33-2)17(12-16)22(23)30/h3-6,11-14H,7-10H2,1-2H3,(H2,23,30)(H,24,25,26,27). The van der Waals surface area contributed by atoms with Crippen LogP contribution in [0.15, 0.2) is 53.8 Å². The maximum Gasteiger partial charge on any atom is 0.252 e. The van der Waals surface area contributed by atoms with E-state index in [-0.39, 0.29) is 29.3 Å².